The number of nitrogens with zero attached hydrogens (tertiary/aromatic N) is 1. The fourth-order valence-corrected chi connectivity index (χ4v) is 3.08. The van der Waals surface area contributed by atoms with Crippen LogP contribution in [0.3, 0.4) is 0 Å². The first-order valence-electron chi connectivity index (χ1n) is 7.62. The van der Waals surface area contributed by atoms with E-state index >= 15 is 0 Å². The molecule has 3 nitrogen and oxygen atoms in total. The predicted molar refractivity (Wildman–Crippen MR) is 84.2 cm³/mol. The lowest BCUT2D eigenvalue weighted by Crippen LogP contribution is -2.44. The third kappa shape index (κ3) is 3.40. The Labute approximate surface area is 122 Å². The average Bonchev–Trinajstić information content (AvgIpc) is 2.42. The smallest absolute Gasteiger partial charge is 0.241 e. The number of amides is 1. The minimum atomic E-state index is -0.0459. The molecule has 1 saturated heterocycles. The maximum Gasteiger partial charge on any atom is 0.241 e. The van der Waals surface area contributed by atoms with Crippen molar-refractivity contribution in [2.45, 2.75) is 53.0 Å². The van der Waals surface area contributed by atoms with Crippen molar-refractivity contribution in [1.29, 1.82) is 0 Å². The maximum absolute atomic E-state index is 12.4. The van der Waals surface area contributed by atoms with Gasteiger partial charge in [-0.3, -0.25) is 9.69 Å². The molecule has 0 unspecified atom stereocenters. The summed E-state index contributed by atoms with van der Waals surface area (Å²) in [6.07, 6.45) is 3.71. The van der Waals surface area contributed by atoms with Gasteiger partial charge in [0, 0.05) is 5.69 Å². The molecule has 0 radical (unpaired) electrons. The Balaban J connectivity index is 2.07. The van der Waals surface area contributed by atoms with Crippen LogP contribution in [-0.4, -0.2) is 29.9 Å². The Kier molecular flexibility index (Phi) is 4.81. The molecule has 20 heavy (non-hydrogen) atoms. The fraction of sp³-hybridized carbons (Fsp3) is 0.588. The zero-order chi connectivity index (χ0) is 14.7. The summed E-state index contributed by atoms with van der Waals surface area (Å²) in [5.41, 5.74) is 4.50. The van der Waals surface area contributed by atoms with Crippen molar-refractivity contribution >= 4 is 11.6 Å². The van der Waals surface area contributed by atoms with Crippen LogP contribution in [0.15, 0.2) is 12.1 Å². The molecule has 1 amide bonds. The molecule has 110 valence electrons. The molecule has 1 heterocycles. The van der Waals surface area contributed by atoms with Gasteiger partial charge in [0.15, 0.2) is 0 Å². The number of hydrogen-bond acceptors (Lipinski definition) is 2. The van der Waals surface area contributed by atoms with E-state index in [4.69, 9.17) is 0 Å². The highest BCUT2D eigenvalue weighted by Crippen LogP contribution is 2.22. The van der Waals surface area contributed by atoms with Gasteiger partial charge in [-0.2, -0.15) is 0 Å². The Morgan fingerprint density at radius 3 is 2.20 bits per heavy atom. The minimum Gasteiger partial charge on any atom is -0.324 e. The van der Waals surface area contributed by atoms with Gasteiger partial charge in [-0.25, -0.2) is 0 Å². The molecule has 0 aromatic heterocycles. The summed E-state index contributed by atoms with van der Waals surface area (Å²) in [4.78, 5) is 14.7. The lowest BCUT2D eigenvalue weighted by atomic mass is 10.0. The first-order valence-corrected chi connectivity index (χ1v) is 7.62. The molecule has 0 saturated carbocycles. The highest BCUT2D eigenvalue weighted by Gasteiger charge is 2.23. The van der Waals surface area contributed by atoms with Gasteiger partial charge >= 0.3 is 0 Å². The van der Waals surface area contributed by atoms with E-state index in [0.29, 0.717) is 0 Å². The summed E-state index contributed by atoms with van der Waals surface area (Å²) in [6.45, 7) is 10.3. The second kappa shape index (κ2) is 6.40. The second-order valence-electron chi connectivity index (χ2n) is 6.04. The van der Waals surface area contributed by atoms with Crippen LogP contribution in [0.4, 0.5) is 5.69 Å². The zero-order valence-corrected chi connectivity index (χ0v) is 13.1. The van der Waals surface area contributed by atoms with Gasteiger partial charge in [0.1, 0.15) is 0 Å². The van der Waals surface area contributed by atoms with E-state index in [0.717, 1.165) is 29.9 Å². The van der Waals surface area contributed by atoms with Crippen LogP contribution < -0.4 is 5.32 Å². The standard InChI is InChI=1S/C17H26N2O/c1-12-10-13(2)16(14(3)11-12)18-17(20)15(4)19-8-6-5-7-9-19/h10-11,15H,5-9H2,1-4H3,(H,18,20)/t15-/m0/s1. The van der Waals surface area contributed by atoms with Gasteiger partial charge in [0.05, 0.1) is 6.04 Å². The van der Waals surface area contributed by atoms with Gasteiger partial charge in [-0.15, -0.1) is 0 Å². The molecule has 2 rings (SSSR count). The van der Waals surface area contributed by atoms with Gasteiger partial charge in [-0.05, 0) is 64.8 Å². The van der Waals surface area contributed by atoms with Gasteiger partial charge in [-0.1, -0.05) is 24.1 Å². The number of aryl methyl sites for hydroxylation is 3. The van der Waals surface area contributed by atoms with E-state index < -0.39 is 0 Å². The number of hydrogen-bond donors (Lipinski definition) is 1. The number of rotatable bonds is 3. The lowest BCUT2D eigenvalue weighted by Gasteiger charge is -2.31. The Bertz CT molecular complexity index is 467. The number of likely N-dealkylation sites (tertiary alicyclic amines) is 1. The van der Waals surface area contributed by atoms with Gasteiger partial charge < -0.3 is 5.32 Å². The van der Waals surface area contributed by atoms with Crippen LogP contribution >= 0.6 is 0 Å². The maximum atomic E-state index is 12.4. The molecule has 1 atom stereocenters. The summed E-state index contributed by atoms with van der Waals surface area (Å²) < 4.78 is 0. The SMILES string of the molecule is Cc1cc(C)c(NC(=O)[C@H](C)N2CCCCC2)c(C)c1. The van der Waals surface area contributed by atoms with Crippen molar-refractivity contribution in [2.24, 2.45) is 0 Å². The molecule has 0 bridgehead atoms. The fourth-order valence-electron chi connectivity index (χ4n) is 3.08. The Hall–Kier alpha value is -1.35. The molecular formula is C17H26N2O. The van der Waals surface area contributed by atoms with E-state index in [-0.39, 0.29) is 11.9 Å². The predicted octanol–water partition coefficient (Wildman–Crippen LogP) is 3.42. The molecule has 0 spiro atoms. The highest BCUT2D eigenvalue weighted by atomic mass is 16.2. The van der Waals surface area contributed by atoms with E-state index in [1.54, 1.807) is 0 Å². The van der Waals surface area contributed by atoms with Gasteiger partial charge in [0.2, 0.25) is 5.91 Å². The number of piperidine rings is 1. The van der Waals surface area contributed by atoms with E-state index in [9.17, 15) is 4.79 Å². The molecular weight excluding hydrogens is 248 g/mol. The minimum absolute atomic E-state index is 0.0459. The first-order chi connectivity index (χ1) is 9.49. The van der Waals surface area contributed by atoms with Crippen LogP contribution in [0.25, 0.3) is 0 Å². The number of benzene rings is 1. The van der Waals surface area contributed by atoms with Crippen molar-refractivity contribution in [3.8, 4) is 0 Å². The Morgan fingerprint density at radius 2 is 1.65 bits per heavy atom. The third-order valence-electron chi connectivity index (χ3n) is 4.24. The first kappa shape index (κ1) is 15.0. The number of carbonyl (C=O) groups is 1. The van der Waals surface area contributed by atoms with Crippen molar-refractivity contribution in [3.05, 3.63) is 28.8 Å². The summed E-state index contributed by atoms with van der Waals surface area (Å²) in [6, 6.07) is 4.19. The number of nitrogens with one attached hydrogen (secondary N) is 1. The van der Waals surface area contributed by atoms with Gasteiger partial charge in [0.25, 0.3) is 0 Å². The molecule has 0 aliphatic carbocycles. The molecule has 1 aromatic carbocycles. The quantitative estimate of drug-likeness (QED) is 0.916. The van der Waals surface area contributed by atoms with Crippen LogP contribution in [-0.2, 0) is 4.79 Å². The van der Waals surface area contributed by atoms with E-state index in [1.165, 1.54) is 24.8 Å². The van der Waals surface area contributed by atoms with Crippen LogP contribution in [0.2, 0.25) is 0 Å². The Morgan fingerprint density at radius 1 is 1.10 bits per heavy atom. The monoisotopic (exact) mass is 274 g/mol. The molecule has 1 N–H and O–H groups in total. The molecule has 1 aliphatic rings. The van der Waals surface area contributed by atoms with Crippen molar-refractivity contribution in [1.82, 2.24) is 4.90 Å². The van der Waals surface area contributed by atoms with Crippen LogP contribution in [0.5, 0.6) is 0 Å². The summed E-state index contributed by atoms with van der Waals surface area (Å²) >= 11 is 0. The molecule has 1 aromatic rings. The van der Waals surface area contributed by atoms with Crippen LogP contribution in [0.1, 0.15) is 42.9 Å². The zero-order valence-electron chi connectivity index (χ0n) is 13.1. The van der Waals surface area contributed by atoms with Crippen molar-refractivity contribution in [3.63, 3.8) is 0 Å². The van der Waals surface area contributed by atoms with E-state index in [2.05, 4.69) is 43.1 Å². The van der Waals surface area contributed by atoms with Crippen molar-refractivity contribution < 1.29 is 4.79 Å². The second-order valence-corrected chi connectivity index (χ2v) is 6.04. The molecule has 1 aliphatic heterocycles. The topological polar surface area (TPSA) is 32.3 Å². The van der Waals surface area contributed by atoms with E-state index in [1.807, 2.05) is 6.92 Å². The molecule has 3 heteroatoms. The molecule has 1 fully saturated rings. The summed E-state index contributed by atoms with van der Waals surface area (Å²) in [5, 5.41) is 3.12. The average molecular weight is 274 g/mol. The largest absolute Gasteiger partial charge is 0.324 e. The van der Waals surface area contributed by atoms with Crippen LogP contribution in [0, 0.1) is 20.8 Å². The lowest BCUT2D eigenvalue weighted by molar-refractivity contribution is -0.121. The summed E-state index contributed by atoms with van der Waals surface area (Å²) in [7, 11) is 0. The van der Waals surface area contributed by atoms with Crippen molar-refractivity contribution in [2.75, 3.05) is 18.4 Å². The number of anilines is 1. The number of carbonyl (C=O) groups excluding carboxylic acids is 1. The third-order valence-corrected chi connectivity index (χ3v) is 4.24. The highest BCUT2D eigenvalue weighted by molar-refractivity contribution is 5.96. The normalized spacial score (nSPS) is 17.8. The summed E-state index contributed by atoms with van der Waals surface area (Å²) in [5.74, 6) is 0.113.